The van der Waals surface area contributed by atoms with Crippen molar-refractivity contribution in [3.8, 4) is 11.4 Å². The fourth-order valence-corrected chi connectivity index (χ4v) is 3.44. The fraction of sp³-hybridized carbons (Fsp3) is 0.231. The van der Waals surface area contributed by atoms with Gasteiger partial charge >= 0.3 is 0 Å². The molecular weight excluding hydrogens is 440 g/mol. The number of halogens is 3. The van der Waals surface area contributed by atoms with E-state index in [-0.39, 0.29) is 0 Å². The van der Waals surface area contributed by atoms with Gasteiger partial charge in [-0.25, -0.2) is 9.97 Å². The zero-order chi connectivity index (χ0) is 13.6. The number of hydrogen-bond acceptors (Lipinski definition) is 3. The fourth-order valence-electron chi connectivity index (χ4n) is 1.90. The topological polar surface area (TPSA) is 51.8 Å². The molecule has 0 aliphatic heterocycles. The van der Waals surface area contributed by atoms with Gasteiger partial charge in [-0.2, -0.15) is 0 Å². The Morgan fingerprint density at radius 2 is 2.05 bits per heavy atom. The lowest BCUT2D eigenvalue weighted by Crippen LogP contribution is -2.04. The summed E-state index contributed by atoms with van der Waals surface area (Å²) in [5.41, 5.74) is 7.99. The summed E-state index contributed by atoms with van der Waals surface area (Å²) >= 11 is 11.7. The minimum atomic E-state index is 0.544. The Bertz CT molecular complexity index is 659. The van der Waals surface area contributed by atoms with Crippen LogP contribution in [0.4, 0.5) is 5.82 Å². The molecule has 1 aromatic carbocycles. The Morgan fingerprint density at radius 1 is 1.32 bits per heavy atom. The van der Waals surface area contributed by atoms with Crippen LogP contribution in [-0.2, 0) is 0 Å². The first-order chi connectivity index (χ1) is 9.06. The Balaban J connectivity index is 2.14. The molecular formula is C13H10BrClIN3. The van der Waals surface area contributed by atoms with E-state index in [0.717, 1.165) is 19.3 Å². The maximum Gasteiger partial charge on any atom is 0.162 e. The minimum absolute atomic E-state index is 0.544. The highest BCUT2D eigenvalue weighted by atomic mass is 127. The lowest BCUT2D eigenvalue weighted by molar-refractivity contribution is 0.982. The van der Waals surface area contributed by atoms with Crippen LogP contribution in [0.15, 0.2) is 22.7 Å². The van der Waals surface area contributed by atoms with E-state index in [4.69, 9.17) is 17.3 Å². The summed E-state index contributed by atoms with van der Waals surface area (Å²) in [6.45, 7) is 0. The Morgan fingerprint density at radius 3 is 2.68 bits per heavy atom. The molecule has 0 saturated heterocycles. The second-order valence-corrected chi connectivity index (χ2v) is 6.90. The van der Waals surface area contributed by atoms with Gasteiger partial charge in [0.1, 0.15) is 5.82 Å². The Kier molecular flexibility index (Phi) is 3.70. The highest BCUT2D eigenvalue weighted by Crippen LogP contribution is 2.43. The van der Waals surface area contributed by atoms with Gasteiger partial charge in [-0.15, -0.1) is 0 Å². The summed E-state index contributed by atoms with van der Waals surface area (Å²) < 4.78 is 1.86. The molecule has 19 heavy (non-hydrogen) atoms. The molecule has 0 bridgehead atoms. The number of anilines is 1. The largest absolute Gasteiger partial charge is 0.383 e. The van der Waals surface area contributed by atoms with Gasteiger partial charge < -0.3 is 5.73 Å². The van der Waals surface area contributed by atoms with E-state index >= 15 is 0 Å². The van der Waals surface area contributed by atoms with E-state index < -0.39 is 0 Å². The number of nitrogen functional groups attached to an aromatic ring is 1. The van der Waals surface area contributed by atoms with Gasteiger partial charge in [-0.1, -0.05) is 11.6 Å². The van der Waals surface area contributed by atoms with Gasteiger partial charge in [0.05, 0.1) is 9.26 Å². The lowest BCUT2D eigenvalue weighted by atomic mass is 10.2. The lowest BCUT2D eigenvalue weighted by Gasteiger charge is -2.09. The van der Waals surface area contributed by atoms with Crippen molar-refractivity contribution >= 4 is 55.9 Å². The second-order valence-electron chi connectivity index (χ2n) is 4.53. The van der Waals surface area contributed by atoms with Crippen molar-refractivity contribution < 1.29 is 0 Å². The zero-order valence-electron chi connectivity index (χ0n) is 9.83. The normalized spacial score (nSPS) is 14.7. The molecule has 6 heteroatoms. The monoisotopic (exact) mass is 449 g/mol. The van der Waals surface area contributed by atoms with Crippen molar-refractivity contribution in [3.05, 3.63) is 37.0 Å². The SMILES string of the molecule is Nc1nc(-c2ccc(Cl)cc2Br)nc(C2CC2)c1I. The van der Waals surface area contributed by atoms with Crippen LogP contribution in [0.25, 0.3) is 11.4 Å². The van der Waals surface area contributed by atoms with E-state index in [9.17, 15) is 0 Å². The van der Waals surface area contributed by atoms with Crippen molar-refractivity contribution in [1.82, 2.24) is 9.97 Å². The molecule has 0 amide bonds. The number of hydrogen-bond donors (Lipinski definition) is 1. The molecule has 1 fully saturated rings. The van der Waals surface area contributed by atoms with Crippen LogP contribution in [0.2, 0.25) is 5.02 Å². The highest BCUT2D eigenvalue weighted by molar-refractivity contribution is 14.1. The van der Waals surface area contributed by atoms with Crippen molar-refractivity contribution in [3.63, 3.8) is 0 Å². The summed E-state index contributed by atoms with van der Waals surface area (Å²) in [5, 5.41) is 0.677. The van der Waals surface area contributed by atoms with E-state index in [1.165, 1.54) is 12.8 Å². The minimum Gasteiger partial charge on any atom is -0.383 e. The molecule has 1 aromatic heterocycles. The molecule has 1 heterocycles. The number of aromatic nitrogens is 2. The van der Waals surface area contributed by atoms with Crippen molar-refractivity contribution in [2.45, 2.75) is 18.8 Å². The third-order valence-corrected chi connectivity index (χ3v) is 5.03. The summed E-state index contributed by atoms with van der Waals surface area (Å²) in [5.74, 6) is 1.75. The predicted octanol–water partition coefficient (Wildman–Crippen LogP) is 4.62. The number of nitrogens with two attached hydrogens (primary N) is 1. The average molecular weight is 451 g/mol. The van der Waals surface area contributed by atoms with Crippen molar-refractivity contribution in [1.29, 1.82) is 0 Å². The molecule has 3 nitrogen and oxygen atoms in total. The van der Waals surface area contributed by atoms with Crippen LogP contribution in [-0.4, -0.2) is 9.97 Å². The molecule has 3 rings (SSSR count). The highest BCUT2D eigenvalue weighted by Gasteiger charge is 2.29. The predicted molar refractivity (Wildman–Crippen MR) is 89.3 cm³/mol. The molecule has 1 aliphatic carbocycles. The maximum absolute atomic E-state index is 6.00. The molecule has 0 atom stereocenters. The Hall–Kier alpha value is -0.400. The summed E-state index contributed by atoms with van der Waals surface area (Å²) in [6.07, 6.45) is 2.38. The van der Waals surface area contributed by atoms with Gasteiger partial charge in [0.25, 0.3) is 0 Å². The molecule has 1 aliphatic rings. The number of benzene rings is 1. The van der Waals surface area contributed by atoms with Gasteiger partial charge in [0, 0.05) is 21.0 Å². The third kappa shape index (κ3) is 2.73. The molecule has 0 unspecified atom stereocenters. The molecule has 2 aromatic rings. The first-order valence-corrected chi connectivity index (χ1v) is 8.09. The van der Waals surface area contributed by atoms with Crippen molar-refractivity contribution in [2.75, 3.05) is 5.73 Å². The van der Waals surface area contributed by atoms with Gasteiger partial charge in [0.15, 0.2) is 5.82 Å². The van der Waals surface area contributed by atoms with Gasteiger partial charge in [-0.3, -0.25) is 0 Å². The summed E-state index contributed by atoms with van der Waals surface area (Å²) in [6, 6.07) is 5.58. The average Bonchev–Trinajstić information content (AvgIpc) is 3.17. The van der Waals surface area contributed by atoms with Crippen molar-refractivity contribution in [2.24, 2.45) is 0 Å². The Labute approximate surface area is 138 Å². The first-order valence-electron chi connectivity index (χ1n) is 5.84. The number of nitrogens with zero attached hydrogens (tertiary/aromatic N) is 2. The quantitative estimate of drug-likeness (QED) is 0.679. The maximum atomic E-state index is 6.00. The molecule has 0 radical (unpaired) electrons. The van der Waals surface area contributed by atoms with E-state index in [0.29, 0.717) is 22.6 Å². The van der Waals surface area contributed by atoms with Gasteiger partial charge in [-0.05, 0) is 69.6 Å². The molecule has 0 spiro atoms. The third-order valence-electron chi connectivity index (χ3n) is 3.04. The second kappa shape index (κ2) is 5.18. The number of rotatable bonds is 2. The van der Waals surface area contributed by atoms with Crippen LogP contribution in [0.3, 0.4) is 0 Å². The summed E-state index contributed by atoms with van der Waals surface area (Å²) in [4.78, 5) is 9.07. The molecule has 2 N–H and O–H groups in total. The smallest absolute Gasteiger partial charge is 0.162 e. The van der Waals surface area contributed by atoms with Crippen LogP contribution >= 0.6 is 50.1 Å². The van der Waals surface area contributed by atoms with E-state index in [1.807, 2.05) is 18.2 Å². The first kappa shape index (κ1) is 13.6. The molecule has 98 valence electrons. The van der Waals surface area contributed by atoms with E-state index in [2.05, 4.69) is 48.5 Å². The standard InChI is InChI=1S/C13H10BrClIN3/c14-9-5-7(15)3-4-8(9)13-18-11(6-1-2-6)10(16)12(17)19-13/h3-6H,1-2H2,(H2,17,18,19). The zero-order valence-corrected chi connectivity index (χ0v) is 14.3. The van der Waals surface area contributed by atoms with Crippen LogP contribution in [0.1, 0.15) is 24.5 Å². The van der Waals surface area contributed by atoms with Gasteiger partial charge in [0.2, 0.25) is 0 Å². The van der Waals surface area contributed by atoms with E-state index in [1.54, 1.807) is 0 Å². The molecule has 1 saturated carbocycles. The van der Waals surface area contributed by atoms with Crippen LogP contribution < -0.4 is 5.73 Å². The van der Waals surface area contributed by atoms with Crippen LogP contribution in [0, 0.1) is 3.57 Å². The van der Waals surface area contributed by atoms with Crippen LogP contribution in [0.5, 0.6) is 0 Å². The summed E-state index contributed by atoms with van der Waals surface area (Å²) in [7, 11) is 0.